The maximum Gasteiger partial charge on any atom is 0.423 e. The number of esters is 4. The molecule has 0 spiro atoms. The zero-order chi connectivity index (χ0) is 34.1. The summed E-state index contributed by atoms with van der Waals surface area (Å²) in [5.41, 5.74) is -0.865. The van der Waals surface area contributed by atoms with Gasteiger partial charge in [-0.25, -0.2) is 19.2 Å². The highest BCUT2D eigenvalue weighted by Crippen LogP contribution is 2.50. The van der Waals surface area contributed by atoms with Crippen molar-refractivity contribution in [3.63, 3.8) is 0 Å². The molecule has 0 N–H and O–H groups in total. The first kappa shape index (κ1) is 36.9. The highest BCUT2D eigenvalue weighted by molar-refractivity contribution is 6.47. The monoisotopic (exact) mass is 754 g/mol. The number of rotatable bonds is 10. The number of benzene rings is 2. The Bertz CT molecular complexity index is 1460. The molecule has 0 amide bonds. The second kappa shape index (κ2) is 14.7. The van der Waals surface area contributed by atoms with Crippen LogP contribution in [-0.2, 0) is 19.1 Å². The number of carbonyl (C=O) groups excluding carboxylic acids is 4. The second-order valence-electron chi connectivity index (χ2n) is 12.5. The number of hydrogen-bond donors (Lipinski definition) is 0. The van der Waals surface area contributed by atoms with Gasteiger partial charge in [0.15, 0.2) is 11.5 Å². The summed E-state index contributed by atoms with van der Waals surface area (Å²) >= 11 is 37.4. The first-order valence-electron chi connectivity index (χ1n) is 14.6. The third-order valence-corrected chi connectivity index (χ3v) is 11.8. The Hall–Kier alpha value is -1.94. The molecular formula is C32H32Cl6O8. The standard InChI is InChI=1S/C32H32Cl6O8/c1-15-5-7-31(15,3)9-11-43-27(39)21-23(37)17(33)13-19(35)25(21)45-29(41)30(42)46-26-20(36)14-18(34)24(38)22(26)28(40)44-12-10-32(4)8-6-16(32)2/h13-16H,5-12H2,1-4H3. The van der Waals surface area contributed by atoms with Gasteiger partial charge >= 0.3 is 23.9 Å². The van der Waals surface area contributed by atoms with Crippen LogP contribution in [0.1, 0.15) is 86.9 Å². The summed E-state index contributed by atoms with van der Waals surface area (Å²) in [7, 11) is 0. The molecule has 2 fully saturated rings. The SMILES string of the molecule is CC1CCC1(C)CCOC(=O)c1c(Cl)c(Cl)cc(Cl)c1OC(=O)C(=O)Oc1c(Cl)cc(Cl)c(Cl)c1C(=O)OCCC1(C)CCC1C. The van der Waals surface area contributed by atoms with E-state index in [0.717, 1.165) is 37.8 Å². The summed E-state index contributed by atoms with van der Waals surface area (Å²) in [6.45, 7) is 8.59. The zero-order valence-corrected chi connectivity index (χ0v) is 30.0. The van der Waals surface area contributed by atoms with Crippen molar-refractivity contribution in [3.8, 4) is 11.5 Å². The Balaban J connectivity index is 1.51. The summed E-state index contributed by atoms with van der Waals surface area (Å²) in [5.74, 6) is -5.42. The average molecular weight is 757 g/mol. The molecule has 0 radical (unpaired) electrons. The molecule has 2 saturated carbocycles. The van der Waals surface area contributed by atoms with Crippen LogP contribution < -0.4 is 9.47 Å². The van der Waals surface area contributed by atoms with Crippen molar-refractivity contribution < 1.29 is 38.1 Å². The van der Waals surface area contributed by atoms with Crippen LogP contribution in [0, 0.1) is 22.7 Å². The lowest BCUT2D eigenvalue weighted by atomic mass is 9.60. The molecule has 4 unspecified atom stereocenters. The Morgan fingerprint density at radius 3 is 1.28 bits per heavy atom. The largest absolute Gasteiger partial charge is 0.462 e. The molecule has 14 heteroatoms. The molecule has 2 aromatic rings. The van der Waals surface area contributed by atoms with Gasteiger partial charge in [0.2, 0.25) is 0 Å². The summed E-state index contributed by atoms with van der Waals surface area (Å²) < 4.78 is 21.2. The fourth-order valence-corrected chi connectivity index (χ4v) is 6.92. The van der Waals surface area contributed by atoms with Crippen LogP contribution in [0.15, 0.2) is 12.1 Å². The van der Waals surface area contributed by atoms with Gasteiger partial charge in [0.05, 0.1) is 43.3 Å². The Labute approximate surface area is 297 Å². The predicted octanol–water partition coefficient (Wildman–Crippen LogP) is 10.1. The van der Waals surface area contributed by atoms with E-state index < -0.39 is 46.5 Å². The summed E-state index contributed by atoms with van der Waals surface area (Å²) in [4.78, 5) is 52.1. The number of ether oxygens (including phenoxy) is 4. The van der Waals surface area contributed by atoms with Crippen molar-refractivity contribution in [2.75, 3.05) is 13.2 Å². The van der Waals surface area contributed by atoms with Gasteiger partial charge in [-0.3, -0.25) is 0 Å². The number of carbonyl (C=O) groups is 4. The van der Waals surface area contributed by atoms with Crippen LogP contribution in [0.2, 0.25) is 30.1 Å². The molecule has 2 aliphatic carbocycles. The van der Waals surface area contributed by atoms with E-state index in [1.54, 1.807) is 0 Å². The third kappa shape index (κ3) is 7.68. The van der Waals surface area contributed by atoms with E-state index in [4.69, 9.17) is 88.6 Å². The second-order valence-corrected chi connectivity index (χ2v) is 14.8. The molecule has 2 aromatic carbocycles. The molecule has 46 heavy (non-hydrogen) atoms. The van der Waals surface area contributed by atoms with Crippen molar-refractivity contribution in [1.82, 2.24) is 0 Å². The van der Waals surface area contributed by atoms with Crippen molar-refractivity contribution >= 4 is 93.5 Å². The minimum Gasteiger partial charge on any atom is -0.462 e. The summed E-state index contributed by atoms with van der Waals surface area (Å²) in [6.07, 6.45) is 5.38. The first-order valence-corrected chi connectivity index (χ1v) is 16.9. The third-order valence-electron chi connectivity index (χ3n) is 9.71. The summed E-state index contributed by atoms with van der Waals surface area (Å²) in [6, 6.07) is 2.25. The van der Waals surface area contributed by atoms with Crippen LogP contribution in [0.25, 0.3) is 0 Å². The Morgan fingerprint density at radius 2 is 1.00 bits per heavy atom. The summed E-state index contributed by atoms with van der Waals surface area (Å²) in [5, 5.41) is -1.47. The number of hydrogen-bond acceptors (Lipinski definition) is 8. The van der Waals surface area contributed by atoms with E-state index in [0.29, 0.717) is 24.7 Å². The topological polar surface area (TPSA) is 105 Å². The molecule has 0 heterocycles. The van der Waals surface area contributed by atoms with Crippen LogP contribution in [0.3, 0.4) is 0 Å². The van der Waals surface area contributed by atoms with Crippen molar-refractivity contribution in [2.24, 2.45) is 22.7 Å². The van der Waals surface area contributed by atoms with Gasteiger partial charge in [0, 0.05) is 0 Å². The fraction of sp³-hybridized carbons (Fsp3) is 0.500. The highest BCUT2D eigenvalue weighted by atomic mass is 35.5. The Morgan fingerprint density at radius 1 is 0.652 bits per heavy atom. The lowest BCUT2D eigenvalue weighted by Gasteiger charge is -2.45. The maximum atomic E-state index is 13.1. The molecule has 0 saturated heterocycles. The normalized spacial score (nSPS) is 23.5. The minimum atomic E-state index is -1.64. The van der Waals surface area contributed by atoms with Crippen LogP contribution in [0.4, 0.5) is 0 Å². The van der Waals surface area contributed by atoms with Crippen LogP contribution in [-0.4, -0.2) is 37.1 Å². The molecule has 0 aromatic heterocycles. The minimum absolute atomic E-state index is 0.0273. The highest BCUT2D eigenvalue weighted by Gasteiger charge is 2.40. The van der Waals surface area contributed by atoms with Crippen molar-refractivity contribution in [1.29, 1.82) is 0 Å². The Kier molecular flexibility index (Phi) is 11.8. The smallest absolute Gasteiger partial charge is 0.423 e. The van der Waals surface area contributed by atoms with Gasteiger partial charge < -0.3 is 18.9 Å². The van der Waals surface area contributed by atoms with Gasteiger partial charge in [-0.05, 0) is 73.3 Å². The van der Waals surface area contributed by atoms with Gasteiger partial charge in [-0.2, -0.15) is 0 Å². The van der Waals surface area contributed by atoms with E-state index in [1.807, 2.05) is 0 Å². The van der Waals surface area contributed by atoms with E-state index in [9.17, 15) is 19.2 Å². The van der Waals surface area contributed by atoms with Crippen LogP contribution in [0.5, 0.6) is 11.5 Å². The van der Waals surface area contributed by atoms with Crippen LogP contribution >= 0.6 is 69.6 Å². The first-order chi connectivity index (χ1) is 21.5. The van der Waals surface area contributed by atoms with Crippen molar-refractivity contribution in [3.05, 3.63) is 53.4 Å². The lowest BCUT2D eigenvalue weighted by molar-refractivity contribution is -0.156. The molecule has 4 atom stereocenters. The predicted molar refractivity (Wildman–Crippen MR) is 177 cm³/mol. The molecule has 4 rings (SSSR count). The van der Waals surface area contributed by atoms with Crippen molar-refractivity contribution in [2.45, 2.75) is 66.2 Å². The van der Waals surface area contributed by atoms with E-state index in [-0.39, 0.29) is 54.2 Å². The molecule has 2 aliphatic rings. The molecule has 0 aliphatic heterocycles. The molecular weight excluding hydrogens is 725 g/mol. The zero-order valence-electron chi connectivity index (χ0n) is 25.5. The van der Waals surface area contributed by atoms with Gasteiger partial charge in [0.25, 0.3) is 0 Å². The van der Waals surface area contributed by atoms with Gasteiger partial charge in [-0.1, -0.05) is 97.3 Å². The fourth-order valence-electron chi connectivity index (χ4n) is 5.48. The quantitative estimate of drug-likeness (QED) is 0.102. The van der Waals surface area contributed by atoms with Gasteiger partial charge in [-0.15, -0.1) is 0 Å². The van der Waals surface area contributed by atoms with E-state index >= 15 is 0 Å². The lowest BCUT2D eigenvalue weighted by Crippen LogP contribution is -2.36. The van der Waals surface area contributed by atoms with Gasteiger partial charge in [0.1, 0.15) is 11.1 Å². The van der Waals surface area contributed by atoms with E-state index in [2.05, 4.69) is 27.7 Å². The van der Waals surface area contributed by atoms with E-state index in [1.165, 1.54) is 0 Å². The molecule has 250 valence electrons. The maximum absolute atomic E-state index is 13.1. The molecule has 0 bridgehead atoms. The molecule has 8 nitrogen and oxygen atoms in total. The average Bonchev–Trinajstić information content (AvgIpc) is 3.00. The number of halogens is 6.